The molecule has 1 aromatic rings. The van der Waals surface area contributed by atoms with E-state index in [-0.39, 0.29) is 5.78 Å². The molecule has 0 radical (unpaired) electrons. The number of ketones is 1. The highest BCUT2D eigenvalue weighted by Crippen LogP contribution is 2.09. The van der Waals surface area contributed by atoms with Gasteiger partial charge in [-0.1, -0.05) is 30.0 Å². The van der Waals surface area contributed by atoms with E-state index in [9.17, 15) is 4.79 Å². The van der Waals surface area contributed by atoms with Crippen molar-refractivity contribution in [3.63, 3.8) is 0 Å². The van der Waals surface area contributed by atoms with Gasteiger partial charge in [0.1, 0.15) is 10.0 Å². The van der Waals surface area contributed by atoms with Crippen molar-refractivity contribution in [3.8, 4) is 0 Å². The Morgan fingerprint density at radius 3 is 2.80 bits per heavy atom. The minimum atomic E-state index is 0.00444. The summed E-state index contributed by atoms with van der Waals surface area (Å²) in [6, 6.07) is 5.30. The standard InChI is InChI=1S/C10H12N2OS2/c1-12(2)10(14)15-7-9(13)8-5-3-4-6-11-8/h3-6H,7H2,1-2H3. The van der Waals surface area contributed by atoms with Gasteiger partial charge in [0.2, 0.25) is 0 Å². The molecule has 0 fully saturated rings. The third-order valence-electron chi connectivity index (χ3n) is 1.64. The Kier molecular flexibility index (Phi) is 4.71. The number of carbonyl (C=O) groups is 1. The molecular formula is C10H12N2OS2. The van der Waals surface area contributed by atoms with E-state index in [0.717, 1.165) is 0 Å². The van der Waals surface area contributed by atoms with Gasteiger partial charge in [-0.2, -0.15) is 0 Å². The van der Waals surface area contributed by atoms with E-state index in [1.807, 2.05) is 19.0 Å². The lowest BCUT2D eigenvalue weighted by Gasteiger charge is -2.11. The third kappa shape index (κ3) is 3.97. The van der Waals surface area contributed by atoms with Gasteiger partial charge in [0, 0.05) is 20.3 Å². The summed E-state index contributed by atoms with van der Waals surface area (Å²) < 4.78 is 0.708. The lowest BCUT2D eigenvalue weighted by atomic mass is 10.3. The zero-order chi connectivity index (χ0) is 11.3. The van der Waals surface area contributed by atoms with Crippen molar-refractivity contribution in [1.29, 1.82) is 0 Å². The van der Waals surface area contributed by atoms with Crippen LogP contribution in [0.3, 0.4) is 0 Å². The molecule has 0 amide bonds. The monoisotopic (exact) mass is 240 g/mol. The fourth-order valence-electron chi connectivity index (χ4n) is 0.858. The second-order valence-corrected chi connectivity index (χ2v) is 4.70. The summed E-state index contributed by atoms with van der Waals surface area (Å²) in [4.78, 5) is 17.4. The number of carbonyl (C=O) groups excluding carboxylic acids is 1. The Morgan fingerprint density at radius 1 is 1.53 bits per heavy atom. The summed E-state index contributed by atoms with van der Waals surface area (Å²) in [6.07, 6.45) is 1.61. The molecule has 0 aliphatic carbocycles. The fourth-order valence-corrected chi connectivity index (χ4v) is 1.70. The van der Waals surface area contributed by atoms with Crippen LogP contribution in [-0.2, 0) is 0 Å². The van der Waals surface area contributed by atoms with Crippen LogP contribution in [0.15, 0.2) is 24.4 Å². The number of thioether (sulfide) groups is 1. The van der Waals surface area contributed by atoms with Crippen LogP contribution < -0.4 is 0 Å². The molecule has 80 valence electrons. The number of pyridine rings is 1. The van der Waals surface area contributed by atoms with E-state index in [1.54, 1.807) is 24.4 Å². The molecule has 3 nitrogen and oxygen atoms in total. The Hall–Kier alpha value is -0.940. The number of thiocarbonyl (C=S) groups is 1. The molecule has 0 aliphatic rings. The first-order chi connectivity index (χ1) is 7.11. The van der Waals surface area contributed by atoms with Gasteiger partial charge in [-0.05, 0) is 12.1 Å². The summed E-state index contributed by atoms with van der Waals surface area (Å²) in [5.74, 6) is 0.346. The lowest BCUT2D eigenvalue weighted by Crippen LogP contribution is -2.18. The van der Waals surface area contributed by atoms with Crippen molar-refractivity contribution >= 4 is 34.1 Å². The molecule has 0 N–H and O–H groups in total. The van der Waals surface area contributed by atoms with E-state index in [1.165, 1.54) is 11.8 Å². The first-order valence-corrected chi connectivity index (χ1v) is 5.79. The zero-order valence-corrected chi connectivity index (χ0v) is 10.3. The summed E-state index contributed by atoms with van der Waals surface area (Å²) in [6.45, 7) is 0. The van der Waals surface area contributed by atoms with Gasteiger partial charge in [-0.3, -0.25) is 9.78 Å². The first kappa shape index (κ1) is 12.1. The Bertz CT molecular complexity index is 352. The molecular weight excluding hydrogens is 228 g/mol. The number of hydrogen-bond donors (Lipinski definition) is 0. The van der Waals surface area contributed by atoms with Gasteiger partial charge in [-0.25, -0.2) is 0 Å². The summed E-state index contributed by atoms with van der Waals surface area (Å²) in [5.41, 5.74) is 0.492. The molecule has 0 aliphatic heterocycles. The minimum Gasteiger partial charge on any atom is -0.364 e. The van der Waals surface area contributed by atoms with Crippen molar-refractivity contribution in [2.45, 2.75) is 0 Å². The van der Waals surface area contributed by atoms with E-state index >= 15 is 0 Å². The minimum absolute atomic E-state index is 0.00444. The van der Waals surface area contributed by atoms with Crippen LogP contribution >= 0.6 is 24.0 Å². The maximum Gasteiger partial charge on any atom is 0.191 e. The second kappa shape index (κ2) is 5.82. The molecule has 0 atom stereocenters. The summed E-state index contributed by atoms with van der Waals surface area (Å²) in [5, 5.41) is 0. The van der Waals surface area contributed by atoms with Gasteiger partial charge < -0.3 is 4.90 Å². The van der Waals surface area contributed by atoms with Crippen LogP contribution in [0.25, 0.3) is 0 Å². The number of Topliss-reactive ketones (excluding diaryl/α,β-unsaturated/α-hetero) is 1. The predicted octanol–water partition coefficient (Wildman–Crippen LogP) is 1.84. The molecule has 0 unspecified atom stereocenters. The number of aromatic nitrogens is 1. The Morgan fingerprint density at radius 2 is 2.27 bits per heavy atom. The van der Waals surface area contributed by atoms with Crippen LogP contribution in [0, 0.1) is 0 Å². The molecule has 15 heavy (non-hydrogen) atoms. The number of rotatable bonds is 3. The highest BCUT2D eigenvalue weighted by molar-refractivity contribution is 8.23. The molecule has 1 aromatic heterocycles. The van der Waals surface area contributed by atoms with E-state index < -0.39 is 0 Å². The molecule has 0 saturated carbocycles. The maximum atomic E-state index is 11.6. The van der Waals surface area contributed by atoms with E-state index in [4.69, 9.17) is 12.2 Å². The van der Waals surface area contributed by atoms with E-state index in [2.05, 4.69) is 4.98 Å². The number of hydrogen-bond acceptors (Lipinski definition) is 4. The van der Waals surface area contributed by atoms with Crippen LogP contribution in [0.2, 0.25) is 0 Å². The topological polar surface area (TPSA) is 33.2 Å². The molecule has 5 heteroatoms. The molecule has 1 rings (SSSR count). The lowest BCUT2D eigenvalue weighted by molar-refractivity contribution is 0.101. The van der Waals surface area contributed by atoms with Gasteiger partial charge >= 0.3 is 0 Å². The van der Waals surface area contributed by atoms with Crippen molar-refractivity contribution in [1.82, 2.24) is 9.88 Å². The van der Waals surface area contributed by atoms with Crippen LogP contribution in [0.4, 0.5) is 0 Å². The zero-order valence-electron chi connectivity index (χ0n) is 8.64. The molecule has 0 spiro atoms. The van der Waals surface area contributed by atoms with Gasteiger partial charge in [0.25, 0.3) is 0 Å². The molecule has 1 heterocycles. The quantitative estimate of drug-likeness (QED) is 0.595. The summed E-state index contributed by atoms with van der Waals surface area (Å²) >= 11 is 6.42. The first-order valence-electron chi connectivity index (χ1n) is 4.39. The maximum absolute atomic E-state index is 11.6. The fraction of sp³-hybridized carbons (Fsp3) is 0.300. The largest absolute Gasteiger partial charge is 0.364 e. The van der Waals surface area contributed by atoms with Crippen LogP contribution in [0.5, 0.6) is 0 Å². The van der Waals surface area contributed by atoms with Crippen molar-refractivity contribution in [2.24, 2.45) is 0 Å². The van der Waals surface area contributed by atoms with Gasteiger partial charge in [0.05, 0.1) is 5.75 Å². The van der Waals surface area contributed by atoms with Crippen molar-refractivity contribution in [3.05, 3.63) is 30.1 Å². The van der Waals surface area contributed by atoms with Crippen LogP contribution in [0.1, 0.15) is 10.5 Å². The highest BCUT2D eigenvalue weighted by atomic mass is 32.2. The van der Waals surface area contributed by atoms with E-state index in [0.29, 0.717) is 15.8 Å². The SMILES string of the molecule is CN(C)C(=S)SCC(=O)c1ccccn1. The van der Waals surface area contributed by atoms with Gasteiger partial charge in [-0.15, -0.1) is 0 Å². The van der Waals surface area contributed by atoms with Crippen molar-refractivity contribution < 1.29 is 4.79 Å². The normalized spacial score (nSPS) is 9.73. The Labute approximate surface area is 98.9 Å². The number of nitrogens with zero attached hydrogens (tertiary/aromatic N) is 2. The summed E-state index contributed by atoms with van der Waals surface area (Å²) in [7, 11) is 3.72. The Balaban J connectivity index is 2.48. The molecule has 0 saturated heterocycles. The van der Waals surface area contributed by atoms with Crippen molar-refractivity contribution in [2.75, 3.05) is 19.8 Å². The van der Waals surface area contributed by atoms with Crippen LogP contribution in [-0.4, -0.2) is 39.8 Å². The highest BCUT2D eigenvalue weighted by Gasteiger charge is 2.09. The second-order valence-electron chi connectivity index (χ2n) is 3.09. The predicted molar refractivity (Wildman–Crippen MR) is 67.3 cm³/mol. The average molecular weight is 240 g/mol. The van der Waals surface area contributed by atoms with Gasteiger partial charge in [0.15, 0.2) is 5.78 Å². The smallest absolute Gasteiger partial charge is 0.191 e. The average Bonchev–Trinajstić information content (AvgIpc) is 2.26. The molecule has 0 bridgehead atoms. The molecule has 0 aromatic carbocycles. The third-order valence-corrected chi connectivity index (χ3v) is 3.38.